The van der Waals surface area contributed by atoms with Crippen LogP contribution in [0, 0.1) is 0 Å². The fraction of sp³-hybridized carbons (Fsp3) is 0.714. The van der Waals surface area contributed by atoms with Gasteiger partial charge in [0.2, 0.25) is 0 Å². The summed E-state index contributed by atoms with van der Waals surface area (Å²) in [7, 11) is 1.96. The van der Waals surface area contributed by atoms with Crippen LogP contribution < -0.4 is 0 Å². The lowest BCUT2D eigenvalue weighted by Crippen LogP contribution is -2.18. The number of hydrogen-bond donors (Lipinski definition) is 0. The maximum atomic E-state index is 12.0. The van der Waals surface area contributed by atoms with E-state index in [0.717, 1.165) is 13.1 Å². The summed E-state index contributed by atoms with van der Waals surface area (Å²) in [5.74, 6) is -0.227. The Labute approximate surface area is 56.2 Å². The summed E-state index contributed by atoms with van der Waals surface area (Å²) in [5.41, 5.74) is 0. The van der Waals surface area contributed by atoms with Crippen molar-refractivity contribution in [3.05, 3.63) is 12.4 Å². The smallest absolute Gasteiger partial charge is 0.0940 e. The highest BCUT2D eigenvalue weighted by Crippen LogP contribution is 1.98. The van der Waals surface area contributed by atoms with E-state index >= 15 is 0 Å². The van der Waals surface area contributed by atoms with Crippen LogP contribution in [0.15, 0.2) is 12.4 Å². The average molecular weight is 131 g/mol. The van der Waals surface area contributed by atoms with E-state index in [1.54, 1.807) is 0 Å². The molecule has 0 saturated heterocycles. The normalized spacial score (nSPS) is 10.2. The molecule has 0 amide bonds. The minimum Gasteiger partial charge on any atom is -0.306 e. The quantitative estimate of drug-likeness (QED) is 0.562. The Morgan fingerprint density at radius 3 is 2.56 bits per heavy atom. The van der Waals surface area contributed by atoms with Crippen molar-refractivity contribution in [2.75, 3.05) is 20.1 Å². The molecule has 0 saturated carbocycles. The van der Waals surface area contributed by atoms with Crippen LogP contribution in [0.5, 0.6) is 0 Å². The Balaban J connectivity index is 3.16. The molecule has 0 heterocycles. The topological polar surface area (TPSA) is 3.24 Å². The molecular formula is C7H14FN. The number of halogens is 1. The monoisotopic (exact) mass is 131 g/mol. The molecule has 0 bridgehead atoms. The molecule has 0 aromatic rings. The molecule has 0 rings (SSSR count). The third kappa shape index (κ3) is 5.50. The highest BCUT2D eigenvalue weighted by molar-refractivity contribution is 4.80. The molecule has 1 nitrogen and oxygen atoms in total. The van der Waals surface area contributed by atoms with Crippen LogP contribution in [-0.4, -0.2) is 25.0 Å². The molecule has 0 aliphatic heterocycles. The Morgan fingerprint density at radius 1 is 1.67 bits per heavy atom. The van der Waals surface area contributed by atoms with Gasteiger partial charge in [0.15, 0.2) is 0 Å². The van der Waals surface area contributed by atoms with Crippen LogP contribution in [0.4, 0.5) is 4.39 Å². The molecule has 0 aliphatic carbocycles. The summed E-state index contributed by atoms with van der Waals surface area (Å²) < 4.78 is 12.0. The van der Waals surface area contributed by atoms with Gasteiger partial charge in [0.05, 0.1) is 5.83 Å². The van der Waals surface area contributed by atoms with Crippen molar-refractivity contribution >= 4 is 0 Å². The van der Waals surface area contributed by atoms with E-state index in [-0.39, 0.29) is 5.83 Å². The van der Waals surface area contributed by atoms with Gasteiger partial charge in [0.1, 0.15) is 0 Å². The zero-order valence-electron chi connectivity index (χ0n) is 6.15. The van der Waals surface area contributed by atoms with Crippen molar-refractivity contribution < 1.29 is 4.39 Å². The van der Waals surface area contributed by atoms with Gasteiger partial charge in [-0.25, -0.2) is 4.39 Å². The second kappa shape index (κ2) is 4.50. The van der Waals surface area contributed by atoms with Gasteiger partial charge in [0, 0.05) is 13.0 Å². The Bertz CT molecular complexity index is 90.9. The van der Waals surface area contributed by atoms with E-state index in [1.165, 1.54) is 0 Å². The average Bonchev–Trinajstić information content (AvgIpc) is 1.83. The fourth-order valence-electron chi connectivity index (χ4n) is 0.470. The van der Waals surface area contributed by atoms with Gasteiger partial charge in [-0.05, 0) is 13.6 Å². The summed E-state index contributed by atoms with van der Waals surface area (Å²) in [5, 5.41) is 0. The lowest BCUT2D eigenvalue weighted by atomic mass is 10.4. The first-order valence-corrected chi connectivity index (χ1v) is 3.18. The van der Waals surface area contributed by atoms with Crippen molar-refractivity contribution in [3.8, 4) is 0 Å². The molecule has 0 unspecified atom stereocenters. The summed E-state index contributed by atoms with van der Waals surface area (Å²) in [4.78, 5) is 2.05. The number of nitrogens with zero attached hydrogens (tertiary/aromatic N) is 1. The highest BCUT2D eigenvalue weighted by Gasteiger charge is 1.94. The predicted octanol–water partition coefficient (Wildman–Crippen LogP) is 1.81. The zero-order valence-corrected chi connectivity index (χ0v) is 6.15. The standard InChI is InChI=1S/C7H14FN/c1-4-9(3)6-5-7(2)8/h2,4-6H2,1,3H3. The molecular weight excluding hydrogens is 117 g/mol. The van der Waals surface area contributed by atoms with E-state index < -0.39 is 0 Å². The van der Waals surface area contributed by atoms with Crippen LogP contribution in [0.3, 0.4) is 0 Å². The van der Waals surface area contributed by atoms with Crippen LogP contribution in [0.1, 0.15) is 13.3 Å². The van der Waals surface area contributed by atoms with Crippen molar-refractivity contribution in [2.45, 2.75) is 13.3 Å². The maximum Gasteiger partial charge on any atom is 0.0940 e. The van der Waals surface area contributed by atoms with E-state index in [0.29, 0.717) is 6.42 Å². The van der Waals surface area contributed by atoms with Crippen LogP contribution in [0.25, 0.3) is 0 Å². The summed E-state index contributed by atoms with van der Waals surface area (Å²) in [6.07, 6.45) is 0.463. The third-order valence-corrected chi connectivity index (χ3v) is 1.30. The molecule has 9 heavy (non-hydrogen) atoms. The molecule has 0 atom stereocenters. The molecule has 0 radical (unpaired) electrons. The Hall–Kier alpha value is -0.370. The summed E-state index contributed by atoms with van der Waals surface area (Å²) >= 11 is 0. The Kier molecular flexibility index (Phi) is 4.32. The minimum absolute atomic E-state index is 0.227. The molecule has 0 aromatic heterocycles. The second-order valence-electron chi connectivity index (χ2n) is 2.16. The highest BCUT2D eigenvalue weighted by atomic mass is 19.1. The van der Waals surface area contributed by atoms with Crippen molar-refractivity contribution in [2.24, 2.45) is 0 Å². The molecule has 54 valence electrons. The van der Waals surface area contributed by atoms with Crippen molar-refractivity contribution in [1.29, 1.82) is 0 Å². The zero-order chi connectivity index (χ0) is 7.28. The molecule has 0 N–H and O–H groups in total. The van der Waals surface area contributed by atoms with E-state index in [1.807, 2.05) is 18.9 Å². The van der Waals surface area contributed by atoms with Gasteiger partial charge in [-0.2, -0.15) is 0 Å². The molecule has 0 aromatic carbocycles. The molecule has 0 fully saturated rings. The first kappa shape index (κ1) is 8.63. The van der Waals surface area contributed by atoms with Crippen molar-refractivity contribution in [1.82, 2.24) is 4.90 Å². The van der Waals surface area contributed by atoms with Gasteiger partial charge in [-0.15, -0.1) is 0 Å². The molecule has 0 spiro atoms. The van der Waals surface area contributed by atoms with E-state index in [4.69, 9.17) is 0 Å². The molecule has 0 aliphatic rings. The van der Waals surface area contributed by atoms with Gasteiger partial charge in [-0.3, -0.25) is 0 Å². The lowest BCUT2D eigenvalue weighted by molar-refractivity contribution is 0.346. The van der Waals surface area contributed by atoms with Gasteiger partial charge in [0.25, 0.3) is 0 Å². The maximum absolute atomic E-state index is 12.0. The van der Waals surface area contributed by atoms with Crippen LogP contribution in [-0.2, 0) is 0 Å². The summed E-state index contributed by atoms with van der Waals surface area (Å²) in [6.45, 7) is 6.95. The van der Waals surface area contributed by atoms with Gasteiger partial charge in [-0.1, -0.05) is 13.5 Å². The third-order valence-electron chi connectivity index (χ3n) is 1.30. The van der Waals surface area contributed by atoms with Gasteiger partial charge >= 0.3 is 0 Å². The van der Waals surface area contributed by atoms with Gasteiger partial charge < -0.3 is 4.90 Å². The largest absolute Gasteiger partial charge is 0.306 e. The lowest BCUT2D eigenvalue weighted by Gasteiger charge is -2.11. The number of rotatable bonds is 4. The van der Waals surface area contributed by atoms with E-state index in [9.17, 15) is 4.39 Å². The fourth-order valence-corrected chi connectivity index (χ4v) is 0.470. The van der Waals surface area contributed by atoms with E-state index in [2.05, 4.69) is 6.58 Å². The van der Waals surface area contributed by atoms with Crippen LogP contribution in [0.2, 0.25) is 0 Å². The van der Waals surface area contributed by atoms with Crippen LogP contribution >= 0.6 is 0 Å². The summed E-state index contributed by atoms with van der Waals surface area (Å²) in [6, 6.07) is 0. The first-order chi connectivity index (χ1) is 4.16. The SMILES string of the molecule is C=C(F)CCN(C)CC. The minimum atomic E-state index is -0.227. The molecule has 2 heteroatoms. The number of hydrogen-bond acceptors (Lipinski definition) is 1. The Morgan fingerprint density at radius 2 is 2.22 bits per heavy atom. The van der Waals surface area contributed by atoms with Crippen molar-refractivity contribution in [3.63, 3.8) is 0 Å². The second-order valence-corrected chi connectivity index (χ2v) is 2.16. The first-order valence-electron chi connectivity index (χ1n) is 3.18. The predicted molar refractivity (Wildman–Crippen MR) is 38.0 cm³/mol.